The largest absolute Gasteiger partial charge is 0.485 e. The van der Waals surface area contributed by atoms with Crippen LogP contribution in [0.1, 0.15) is 10.4 Å². The van der Waals surface area contributed by atoms with Gasteiger partial charge < -0.3 is 20.5 Å². The summed E-state index contributed by atoms with van der Waals surface area (Å²) < 4.78 is 11.1. The fraction of sp³-hybridized carbons (Fsp3) is 0.143. The van der Waals surface area contributed by atoms with Crippen molar-refractivity contribution in [2.75, 3.05) is 11.9 Å². The standard InChI is InChI=1S/C14H12N2O4S/c15-12(17)8-5-6-21-14(8)16-13(18)11-7-19-9-3-1-2-4-10(9)20-11/h1-6,11H,7H2,(H2,15,17)(H,16,18). The van der Waals surface area contributed by atoms with Gasteiger partial charge >= 0.3 is 0 Å². The number of carbonyl (C=O) groups excluding carboxylic acids is 2. The zero-order valence-electron chi connectivity index (χ0n) is 10.9. The van der Waals surface area contributed by atoms with Gasteiger partial charge in [0.05, 0.1) is 5.56 Å². The molecule has 2 amide bonds. The van der Waals surface area contributed by atoms with Crippen LogP contribution in [-0.2, 0) is 4.79 Å². The summed E-state index contributed by atoms with van der Waals surface area (Å²) in [6, 6.07) is 8.69. The molecule has 1 aromatic carbocycles. The van der Waals surface area contributed by atoms with Crippen molar-refractivity contribution in [1.82, 2.24) is 0 Å². The number of hydrogen-bond acceptors (Lipinski definition) is 5. The van der Waals surface area contributed by atoms with Crippen molar-refractivity contribution in [3.05, 3.63) is 41.3 Å². The second kappa shape index (κ2) is 5.45. The molecule has 6 nitrogen and oxygen atoms in total. The molecule has 2 heterocycles. The molecular weight excluding hydrogens is 292 g/mol. The second-order valence-corrected chi connectivity index (χ2v) is 5.30. The lowest BCUT2D eigenvalue weighted by Crippen LogP contribution is -2.40. The Hall–Kier alpha value is -2.54. The Morgan fingerprint density at radius 1 is 1.24 bits per heavy atom. The Labute approximate surface area is 124 Å². The molecule has 3 N–H and O–H groups in total. The first kappa shape index (κ1) is 13.4. The third-order valence-electron chi connectivity index (χ3n) is 2.97. The minimum absolute atomic E-state index is 0.111. The summed E-state index contributed by atoms with van der Waals surface area (Å²) in [5.41, 5.74) is 5.52. The van der Waals surface area contributed by atoms with Crippen LogP contribution in [0, 0.1) is 0 Å². The average Bonchev–Trinajstić information content (AvgIpc) is 2.95. The Morgan fingerprint density at radius 3 is 2.76 bits per heavy atom. The number of nitrogens with one attached hydrogen (secondary N) is 1. The van der Waals surface area contributed by atoms with Gasteiger partial charge in [-0.05, 0) is 23.6 Å². The maximum absolute atomic E-state index is 12.2. The van der Waals surface area contributed by atoms with Gasteiger partial charge in [-0.3, -0.25) is 9.59 Å². The predicted molar refractivity (Wildman–Crippen MR) is 77.8 cm³/mol. The number of primary amides is 1. The van der Waals surface area contributed by atoms with Crippen molar-refractivity contribution in [3.8, 4) is 11.5 Å². The summed E-state index contributed by atoms with van der Waals surface area (Å²) in [6.45, 7) is 0.111. The first-order valence-electron chi connectivity index (χ1n) is 6.22. The molecule has 7 heteroatoms. The fourth-order valence-electron chi connectivity index (χ4n) is 1.94. The summed E-state index contributed by atoms with van der Waals surface area (Å²) in [5, 5.41) is 4.74. The van der Waals surface area contributed by atoms with Crippen molar-refractivity contribution in [2.24, 2.45) is 5.73 Å². The fourth-order valence-corrected chi connectivity index (χ4v) is 2.74. The normalized spacial score (nSPS) is 16.3. The van der Waals surface area contributed by atoms with Crippen LogP contribution < -0.4 is 20.5 Å². The number of ether oxygens (including phenoxy) is 2. The van der Waals surface area contributed by atoms with E-state index in [-0.39, 0.29) is 18.1 Å². The van der Waals surface area contributed by atoms with Crippen molar-refractivity contribution in [3.63, 3.8) is 0 Å². The Bertz CT molecular complexity index is 698. The van der Waals surface area contributed by atoms with E-state index in [0.717, 1.165) is 0 Å². The summed E-state index contributed by atoms with van der Waals surface area (Å²) in [7, 11) is 0. The zero-order valence-corrected chi connectivity index (χ0v) is 11.7. The van der Waals surface area contributed by atoms with E-state index in [4.69, 9.17) is 15.2 Å². The Kier molecular flexibility index (Phi) is 3.49. The lowest BCUT2D eigenvalue weighted by atomic mass is 10.2. The minimum atomic E-state index is -0.775. The number of thiophene rings is 1. The third-order valence-corrected chi connectivity index (χ3v) is 3.80. The maximum atomic E-state index is 12.2. The van der Waals surface area contributed by atoms with Crippen molar-refractivity contribution in [2.45, 2.75) is 6.10 Å². The van der Waals surface area contributed by atoms with E-state index in [0.29, 0.717) is 16.5 Å². The number of rotatable bonds is 3. The monoisotopic (exact) mass is 304 g/mol. The number of hydrogen-bond donors (Lipinski definition) is 2. The highest BCUT2D eigenvalue weighted by atomic mass is 32.1. The average molecular weight is 304 g/mol. The van der Waals surface area contributed by atoms with E-state index < -0.39 is 12.0 Å². The number of para-hydroxylation sites is 2. The van der Waals surface area contributed by atoms with E-state index in [1.54, 1.807) is 29.6 Å². The Balaban J connectivity index is 1.72. The van der Waals surface area contributed by atoms with Crippen LogP contribution in [0.5, 0.6) is 11.5 Å². The van der Waals surface area contributed by atoms with Gasteiger partial charge in [-0.1, -0.05) is 12.1 Å². The molecule has 3 rings (SSSR count). The van der Waals surface area contributed by atoms with Crippen LogP contribution in [0.15, 0.2) is 35.7 Å². The molecule has 0 saturated heterocycles. The molecule has 0 saturated carbocycles. The molecule has 0 radical (unpaired) electrons. The Morgan fingerprint density at radius 2 is 2.00 bits per heavy atom. The summed E-state index contributed by atoms with van der Waals surface area (Å²) >= 11 is 1.23. The number of nitrogens with two attached hydrogens (primary N) is 1. The number of amides is 2. The van der Waals surface area contributed by atoms with Gasteiger partial charge in [0, 0.05) is 0 Å². The third kappa shape index (κ3) is 2.68. The van der Waals surface area contributed by atoms with Gasteiger partial charge in [-0.15, -0.1) is 11.3 Å². The van der Waals surface area contributed by atoms with Gasteiger partial charge in [0.2, 0.25) is 6.10 Å². The maximum Gasteiger partial charge on any atom is 0.269 e. The molecule has 21 heavy (non-hydrogen) atoms. The molecule has 2 aromatic rings. The van der Waals surface area contributed by atoms with Gasteiger partial charge in [-0.25, -0.2) is 0 Å². The molecular formula is C14H12N2O4S. The van der Waals surface area contributed by atoms with Crippen LogP contribution >= 0.6 is 11.3 Å². The van der Waals surface area contributed by atoms with E-state index in [2.05, 4.69) is 5.32 Å². The quantitative estimate of drug-likeness (QED) is 0.901. The van der Waals surface area contributed by atoms with Crippen molar-refractivity contribution < 1.29 is 19.1 Å². The van der Waals surface area contributed by atoms with E-state index in [1.807, 2.05) is 6.07 Å². The smallest absolute Gasteiger partial charge is 0.269 e. The van der Waals surface area contributed by atoms with Crippen LogP contribution in [0.3, 0.4) is 0 Å². The number of anilines is 1. The van der Waals surface area contributed by atoms with Crippen LogP contribution in [-0.4, -0.2) is 24.5 Å². The lowest BCUT2D eigenvalue weighted by molar-refractivity contribution is -0.125. The SMILES string of the molecule is NC(=O)c1ccsc1NC(=O)C1COc2ccccc2O1. The molecule has 1 aliphatic heterocycles. The summed E-state index contributed by atoms with van der Waals surface area (Å²) in [5.74, 6) is 0.160. The predicted octanol–water partition coefficient (Wildman–Crippen LogP) is 1.63. The van der Waals surface area contributed by atoms with Crippen LogP contribution in [0.2, 0.25) is 0 Å². The minimum Gasteiger partial charge on any atom is -0.485 e. The summed E-state index contributed by atoms with van der Waals surface area (Å²) in [6.07, 6.45) is -0.775. The van der Waals surface area contributed by atoms with Gasteiger partial charge in [0.1, 0.15) is 11.6 Å². The molecule has 0 aliphatic carbocycles. The van der Waals surface area contributed by atoms with Gasteiger partial charge in [0.15, 0.2) is 11.5 Å². The molecule has 1 atom stereocenters. The molecule has 1 unspecified atom stereocenters. The first-order chi connectivity index (χ1) is 10.1. The molecule has 1 aliphatic rings. The zero-order chi connectivity index (χ0) is 14.8. The molecule has 0 fully saturated rings. The van der Waals surface area contributed by atoms with E-state index >= 15 is 0 Å². The molecule has 0 spiro atoms. The highest BCUT2D eigenvalue weighted by Crippen LogP contribution is 2.31. The lowest BCUT2D eigenvalue weighted by Gasteiger charge is -2.25. The highest BCUT2D eigenvalue weighted by molar-refractivity contribution is 7.14. The number of carbonyl (C=O) groups is 2. The molecule has 0 bridgehead atoms. The van der Waals surface area contributed by atoms with Crippen molar-refractivity contribution >= 4 is 28.2 Å². The van der Waals surface area contributed by atoms with E-state index in [9.17, 15) is 9.59 Å². The van der Waals surface area contributed by atoms with Crippen molar-refractivity contribution in [1.29, 1.82) is 0 Å². The topological polar surface area (TPSA) is 90.7 Å². The molecule has 1 aromatic heterocycles. The summed E-state index contributed by atoms with van der Waals surface area (Å²) in [4.78, 5) is 23.4. The van der Waals surface area contributed by atoms with Crippen LogP contribution in [0.4, 0.5) is 5.00 Å². The number of benzene rings is 1. The van der Waals surface area contributed by atoms with E-state index in [1.165, 1.54) is 11.3 Å². The first-order valence-corrected chi connectivity index (χ1v) is 7.10. The highest BCUT2D eigenvalue weighted by Gasteiger charge is 2.28. The number of fused-ring (bicyclic) bond motifs is 1. The van der Waals surface area contributed by atoms with Gasteiger partial charge in [0.25, 0.3) is 11.8 Å². The van der Waals surface area contributed by atoms with Crippen LogP contribution in [0.25, 0.3) is 0 Å². The second-order valence-electron chi connectivity index (χ2n) is 4.38. The molecule has 108 valence electrons. The van der Waals surface area contributed by atoms with Gasteiger partial charge in [-0.2, -0.15) is 0 Å².